The Morgan fingerprint density at radius 1 is 1.20 bits per heavy atom. The molecule has 0 bridgehead atoms. The lowest BCUT2D eigenvalue weighted by Crippen LogP contribution is -2.53. The second-order valence-electron chi connectivity index (χ2n) is 8.35. The number of thiol groups is 1. The highest BCUT2D eigenvalue weighted by Gasteiger charge is 2.30. The molecule has 1 saturated heterocycles. The number of likely N-dealkylation sites (tertiary alicyclic amines) is 1. The molecule has 35 heavy (non-hydrogen) atoms. The van der Waals surface area contributed by atoms with Crippen LogP contribution in [0.1, 0.15) is 27.6 Å². The largest absolute Gasteiger partial charge is 0.478 e. The van der Waals surface area contributed by atoms with E-state index in [4.69, 9.17) is 32.4 Å². The van der Waals surface area contributed by atoms with Crippen molar-refractivity contribution in [3.63, 3.8) is 0 Å². The van der Waals surface area contributed by atoms with E-state index in [1.165, 1.54) is 0 Å². The van der Waals surface area contributed by atoms with Crippen molar-refractivity contribution in [2.24, 2.45) is 0 Å². The third kappa shape index (κ3) is 5.28. The number of carbonyl (C=O) groups is 1. The molecule has 0 spiro atoms. The zero-order valence-corrected chi connectivity index (χ0v) is 20.9. The number of benzene rings is 2. The van der Waals surface area contributed by atoms with Gasteiger partial charge in [0.25, 0.3) is 0 Å². The summed E-state index contributed by atoms with van der Waals surface area (Å²) in [4.78, 5) is 22.5. The third-order valence-electron chi connectivity index (χ3n) is 5.94. The molecule has 5 rings (SSSR count). The number of carboxylic acid groups (broad SMARTS) is 1. The van der Waals surface area contributed by atoms with Crippen LogP contribution >= 0.6 is 35.8 Å². The van der Waals surface area contributed by atoms with Crippen molar-refractivity contribution in [3.8, 4) is 5.95 Å². The van der Waals surface area contributed by atoms with E-state index < -0.39 is 5.97 Å². The Bertz CT molecular complexity index is 1380. The Hall–Kier alpha value is -2.72. The third-order valence-corrected chi connectivity index (χ3v) is 6.81. The highest BCUT2D eigenvalue weighted by molar-refractivity contribution is 7.79. The number of hydrogen-bond donors (Lipinski definition) is 2. The van der Waals surface area contributed by atoms with Crippen LogP contribution in [0.3, 0.4) is 0 Å². The average Bonchev–Trinajstić information content (AvgIpc) is 3.40. The molecule has 0 atom stereocenters. The lowest BCUT2D eigenvalue weighted by molar-refractivity contribution is -0.00135. The van der Waals surface area contributed by atoms with Crippen molar-refractivity contribution in [2.45, 2.75) is 31.4 Å². The van der Waals surface area contributed by atoms with E-state index in [0.29, 0.717) is 60.2 Å². The van der Waals surface area contributed by atoms with Gasteiger partial charge in [-0.3, -0.25) is 4.90 Å². The average molecular weight is 533 g/mol. The fourth-order valence-electron chi connectivity index (χ4n) is 4.10. The summed E-state index contributed by atoms with van der Waals surface area (Å²) in [6.07, 6.45) is 2.88. The summed E-state index contributed by atoms with van der Waals surface area (Å²) in [6, 6.07) is 10.4. The number of aryl methyl sites for hydroxylation is 2. The zero-order valence-electron chi connectivity index (χ0n) is 18.5. The number of nitrogens with zero attached hydrogens (tertiary/aromatic N) is 4. The predicted octanol–water partition coefficient (Wildman–Crippen LogP) is 4.97. The maximum absolute atomic E-state index is 11.3. The van der Waals surface area contributed by atoms with Crippen LogP contribution in [0.25, 0.3) is 11.0 Å². The van der Waals surface area contributed by atoms with Crippen LogP contribution in [-0.2, 0) is 25.3 Å². The maximum Gasteiger partial charge on any atom is 0.335 e. The molecule has 4 aromatic rings. The number of aromatic nitrogens is 3. The lowest BCUT2D eigenvalue weighted by atomic mass is 10.1. The van der Waals surface area contributed by atoms with Gasteiger partial charge in [0.15, 0.2) is 5.89 Å². The van der Waals surface area contributed by atoms with Gasteiger partial charge in [0.05, 0.1) is 29.0 Å². The van der Waals surface area contributed by atoms with Crippen molar-refractivity contribution in [1.29, 1.82) is 0 Å². The van der Waals surface area contributed by atoms with Gasteiger partial charge in [-0.25, -0.2) is 14.8 Å². The molecule has 8 nitrogen and oxygen atoms in total. The number of carboxylic acids is 1. The molecule has 0 saturated carbocycles. The van der Waals surface area contributed by atoms with Crippen molar-refractivity contribution < 1.29 is 19.1 Å². The molecule has 182 valence electrons. The van der Waals surface area contributed by atoms with Gasteiger partial charge in [-0.2, -0.15) is 12.6 Å². The van der Waals surface area contributed by atoms with Gasteiger partial charge in [0.2, 0.25) is 0 Å². The first-order chi connectivity index (χ1) is 16.9. The molecule has 2 aromatic heterocycles. The highest BCUT2D eigenvalue weighted by Crippen LogP contribution is 2.25. The Labute approximate surface area is 216 Å². The SMILES string of the molecule is O=C(O)c1ccc2nc(CN3CC(Oc4cnc(CCc5ccc(Cl)cc5Cl)o4)C3)n(CS)c2c1. The van der Waals surface area contributed by atoms with Crippen LogP contribution in [-0.4, -0.2) is 49.7 Å². The summed E-state index contributed by atoms with van der Waals surface area (Å²) < 4.78 is 13.6. The second kappa shape index (κ2) is 10.1. The number of oxazole rings is 1. The monoisotopic (exact) mass is 532 g/mol. The van der Waals surface area contributed by atoms with Crippen LogP contribution in [0.5, 0.6) is 5.95 Å². The summed E-state index contributed by atoms with van der Waals surface area (Å²) in [5, 5.41) is 10.5. The first-order valence-electron chi connectivity index (χ1n) is 11.0. The Morgan fingerprint density at radius 2 is 2.03 bits per heavy atom. The van der Waals surface area contributed by atoms with E-state index in [9.17, 15) is 9.90 Å². The number of imidazole rings is 1. The molecule has 2 aromatic carbocycles. The molecular formula is C24H22Cl2N4O4S. The number of rotatable bonds is 9. The van der Waals surface area contributed by atoms with E-state index in [1.807, 2.05) is 16.7 Å². The van der Waals surface area contributed by atoms with Crippen molar-refractivity contribution >= 4 is 52.8 Å². The molecule has 0 aliphatic carbocycles. The molecule has 11 heteroatoms. The van der Waals surface area contributed by atoms with Crippen molar-refractivity contribution in [3.05, 3.63) is 75.5 Å². The standard InChI is InChI=1S/C24H22Cl2N4O4S/c25-16-4-1-14(18(26)8-16)3-6-22-27-9-23(34-22)33-17-10-29(11-17)12-21-28-19-5-2-15(24(31)32)7-20(19)30(21)13-35/h1-2,4-5,7-9,17,35H,3,6,10-13H2,(H,31,32). The summed E-state index contributed by atoms with van der Waals surface area (Å²) in [5.74, 6) is 1.26. The summed E-state index contributed by atoms with van der Waals surface area (Å²) in [5.41, 5.74) is 2.73. The predicted molar refractivity (Wildman–Crippen MR) is 136 cm³/mol. The van der Waals surface area contributed by atoms with Gasteiger partial charge in [-0.05, 0) is 42.3 Å². The molecule has 1 N–H and O–H groups in total. The van der Waals surface area contributed by atoms with Crippen LogP contribution < -0.4 is 4.74 Å². The van der Waals surface area contributed by atoms with Gasteiger partial charge < -0.3 is 18.8 Å². The second-order valence-corrected chi connectivity index (χ2v) is 9.48. The number of aromatic carboxylic acids is 1. The minimum absolute atomic E-state index is 0.00560. The molecule has 1 aliphatic rings. The van der Waals surface area contributed by atoms with Gasteiger partial charge >= 0.3 is 11.9 Å². The topological polar surface area (TPSA) is 93.6 Å². The Balaban J connectivity index is 1.14. The fraction of sp³-hybridized carbons (Fsp3) is 0.292. The van der Waals surface area contributed by atoms with E-state index >= 15 is 0 Å². The minimum atomic E-state index is -0.965. The molecular weight excluding hydrogens is 511 g/mol. The molecule has 0 radical (unpaired) electrons. The summed E-state index contributed by atoms with van der Waals surface area (Å²) >= 11 is 16.6. The van der Waals surface area contributed by atoms with E-state index in [2.05, 4.69) is 27.5 Å². The van der Waals surface area contributed by atoms with Crippen molar-refractivity contribution in [2.75, 3.05) is 13.1 Å². The minimum Gasteiger partial charge on any atom is -0.478 e. The van der Waals surface area contributed by atoms with Crippen LogP contribution in [0.2, 0.25) is 10.0 Å². The molecule has 3 heterocycles. The Kier molecular flexibility index (Phi) is 6.93. The van der Waals surface area contributed by atoms with Gasteiger partial charge in [0, 0.05) is 29.6 Å². The Morgan fingerprint density at radius 3 is 2.77 bits per heavy atom. The lowest BCUT2D eigenvalue weighted by Gasteiger charge is -2.37. The van der Waals surface area contributed by atoms with Gasteiger partial charge in [-0.1, -0.05) is 29.3 Å². The number of hydrogen-bond acceptors (Lipinski definition) is 7. The first kappa shape index (κ1) is 24.0. The summed E-state index contributed by atoms with van der Waals surface area (Å²) in [7, 11) is 0. The quantitative estimate of drug-likeness (QED) is 0.294. The van der Waals surface area contributed by atoms with E-state index in [-0.39, 0.29) is 11.7 Å². The smallest absolute Gasteiger partial charge is 0.335 e. The molecule has 1 aliphatic heterocycles. The van der Waals surface area contributed by atoms with E-state index in [0.717, 1.165) is 22.4 Å². The molecule has 1 fully saturated rings. The highest BCUT2D eigenvalue weighted by atomic mass is 35.5. The molecule has 0 unspecified atom stereocenters. The maximum atomic E-state index is 11.3. The zero-order chi connectivity index (χ0) is 24.5. The normalized spacial score (nSPS) is 14.4. The number of ether oxygens (including phenoxy) is 1. The molecule has 0 amide bonds. The van der Waals surface area contributed by atoms with E-state index in [1.54, 1.807) is 30.5 Å². The number of halogens is 2. The van der Waals surface area contributed by atoms with Crippen LogP contribution in [0.4, 0.5) is 0 Å². The van der Waals surface area contributed by atoms with Gasteiger partial charge in [-0.15, -0.1) is 0 Å². The van der Waals surface area contributed by atoms with Crippen LogP contribution in [0, 0.1) is 0 Å². The first-order valence-corrected chi connectivity index (χ1v) is 12.4. The van der Waals surface area contributed by atoms with Crippen LogP contribution in [0.15, 0.2) is 47.0 Å². The fourth-order valence-corrected chi connectivity index (χ4v) is 4.92. The van der Waals surface area contributed by atoms with Crippen molar-refractivity contribution in [1.82, 2.24) is 19.4 Å². The van der Waals surface area contributed by atoms with Gasteiger partial charge in [0.1, 0.15) is 18.1 Å². The summed E-state index contributed by atoms with van der Waals surface area (Å²) in [6.45, 7) is 2.04. The number of fused-ring (bicyclic) bond motifs is 1.